The van der Waals surface area contributed by atoms with Gasteiger partial charge in [-0.3, -0.25) is 9.10 Å². The number of rotatable bonds is 9. The molecule has 0 aliphatic heterocycles. The van der Waals surface area contributed by atoms with Crippen LogP contribution in [-0.4, -0.2) is 37.6 Å². The molecule has 0 aliphatic rings. The minimum Gasteiger partial charge on any atom is -0.380 e. The van der Waals surface area contributed by atoms with Crippen molar-refractivity contribution in [3.63, 3.8) is 0 Å². The van der Waals surface area contributed by atoms with E-state index in [0.29, 0.717) is 17.8 Å². The zero-order valence-corrected chi connectivity index (χ0v) is 20.5. The minimum absolute atomic E-state index is 0.101. The number of carbonyl (C=O) groups is 1. The molecule has 36 heavy (non-hydrogen) atoms. The van der Waals surface area contributed by atoms with Gasteiger partial charge in [-0.2, -0.15) is 13.2 Å². The Balaban J connectivity index is 1.87. The summed E-state index contributed by atoms with van der Waals surface area (Å²) in [5, 5.41) is 8.39. The number of amides is 1. The molecule has 192 valence electrons. The Bertz CT molecular complexity index is 1350. The van der Waals surface area contributed by atoms with Crippen LogP contribution in [0.3, 0.4) is 0 Å². The lowest BCUT2D eigenvalue weighted by atomic mass is 10.1. The second-order valence-electron chi connectivity index (χ2n) is 7.92. The fourth-order valence-electron chi connectivity index (χ4n) is 3.23. The first-order valence-corrected chi connectivity index (χ1v) is 12.5. The maximum Gasteiger partial charge on any atom is 0.419 e. The molecule has 13 heteroatoms. The Hall–Kier alpha value is -3.87. The van der Waals surface area contributed by atoms with E-state index in [0.717, 1.165) is 22.3 Å². The first-order valence-electron chi connectivity index (χ1n) is 10.6. The third-order valence-corrected chi connectivity index (χ3v) is 6.25. The van der Waals surface area contributed by atoms with Crippen LogP contribution in [-0.2, 0) is 34.1 Å². The summed E-state index contributed by atoms with van der Waals surface area (Å²) >= 11 is 0. The van der Waals surface area contributed by atoms with Gasteiger partial charge in [-0.05, 0) is 23.8 Å². The van der Waals surface area contributed by atoms with Gasteiger partial charge in [0.05, 0.1) is 17.5 Å². The maximum absolute atomic E-state index is 13.7. The number of pyridine rings is 2. The molecule has 3 aromatic rings. The first kappa shape index (κ1) is 26.7. The summed E-state index contributed by atoms with van der Waals surface area (Å²) < 4.78 is 65.8. The van der Waals surface area contributed by atoms with Crippen molar-refractivity contribution >= 4 is 38.9 Å². The van der Waals surface area contributed by atoms with Gasteiger partial charge >= 0.3 is 6.18 Å². The van der Waals surface area contributed by atoms with Crippen molar-refractivity contribution < 1.29 is 26.4 Å². The number of carbonyl (C=O) groups excluding carboxylic acids is 1. The number of alkyl halides is 3. The van der Waals surface area contributed by atoms with E-state index in [2.05, 4.69) is 25.9 Å². The predicted molar refractivity (Wildman–Crippen MR) is 131 cm³/mol. The normalized spacial score (nSPS) is 11.6. The first-order chi connectivity index (χ1) is 16.8. The van der Waals surface area contributed by atoms with Crippen molar-refractivity contribution in [1.29, 1.82) is 0 Å². The van der Waals surface area contributed by atoms with E-state index in [9.17, 15) is 26.4 Å². The zero-order chi connectivity index (χ0) is 26.5. The fourth-order valence-corrected chi connectivity index (χ4v) is 3.71. The van der Waals surface area contributed by atoms with E-state index in [1.807, 2.05) is 0 Å². The smallest absolute Gasteiger partial charge is 0.380 e. The van der Waals surface area contributed by atoms with E-state index in [4.69, 9.17) is 0 Å². The monoisotopic (exact) mass is 522 g/mol. The summed E-state index contributed by atoms with van der Waals surface area (Å²) in [6.45, 7) is 1.58. The number of anilines is 4. The number of hydrogen-bond donors (Lipinski definition) is 3. The van der Waals surface area contributed by atoms with E-state index in [1.54, 1.807) is 36.4 Å². The van der Waals surface area contributed by atoms with Crippen LogP contribution in [0.5, 0.6) is 0 Å². The molecule has 0 spiro atoms. The third kappa shape index (κ3) is 7.07. The molecule has 3 rings (SSSR count). The van der Waals surface area contributed by atoms with Crippen LogP contribution in [0.25, 0.3) is 0 Å². The summed E-state index contributed by atoms with van der Waals surface area (Å²) in [6, 6.07) is 11.4. The lowest BCUT2D eigenvalue weighted by Gasteiger charge is -2.20. The number of benzene rings is 1. The molecular formula is C23H25F3N6O3S. The van der Waals surface area contributed by atoms with Gasteiger partial charge in [0, 0.05) is 56.8 Å². The molecule has 0 atom stereocenters. The molecule has 2 heterocycles. The van der Waals surface area contributed by atoms with Crippen LogP contribution >= 0.6 is 0 Å². The summed E-state index contributed by atoms with van der Waals surface area (Å²) in [6.07, 6.45) is -1.55. The van der Waals surface area contributed by atoms with E-state index in [-0.39, 0.29) is 29.8 Å². The van der Waals surface area contributed by atoms with Crippen molar-refractivity contribution in [3.05, 3.63) is 71.5 Å². The molecule has 0 radical (unpaired) electrons. The summed E-state index contributed by atoms with van der Waals surface area (Å²) in [5.74, 6) is 0.0688. The number of hydrogen-bond acceptors (Lipinski definition) is 7. The van der Waals surface area contributed by atoms with Crippen LogP contribution in [0.4, 0.5) is 36.2 Å². The second kappa shape index (κ2) is 10.8. The number of nitrogens with one attached hydrogen (secondary N) is 3. The second-order valence-corrected chi connectivity index (χ2v) is 9.93. The molecule has 1 aromatic carbocycles. The highest BCUT2D eigenvalue weighted by atomic mass is 32.2. The van der Waals surface area contributed by atoms with Crippen molar-refractivity contribution in [2.24, 2.45) is 0 Å². The van der Waals surface area contributed by atoms with Gasteiger partial charge in [-0.1, -0.05) is 18.2 Å². The molecule has 1 amide bonds. The van der Waals surface area contributed by atoms with Gasteiger partial charge in [0.15, 0.2) is 0 Å². The summed E-state index contributed by atoms with van der Waals surface area (Å²) in [7, 11) is -2.31. The molecule has 0 bridgehead atoms. The van der Waals surface area contributed by atoms with Crippen LogP contribution in [0.15, 0.2) is 54.9 Å². The highest BCUT2D eigenvalue weighted by Crippen LogP contribution is 2.36. The molecular weight excluding hydrogens is 497 g/mol. The van der Waals surface area contributed by atoms with E-state index < -0.39 is 21.8 Å². The maximum atomic E-state index is 13.7. The zero-order valence-electron chi connectivity index (χ0n) is 19.7. The average Bonchev–Trinajstić information content (AvgIpc) is 2.80. The molecule has 0 saturated carbocycles. The van der Waals surface area contributed by atoms with E-state index >= 15 is 0 Å². The standard InChI is InChI=1S/C23H25F3N6O3S/c1-15(33)28-12-16-6-4-8-18(10-16)31-21-11-20(19(14-30-21)23(24,25)26)29-13-17-7-5-9-27-22(17)32(2)36(3,34)35/h4-11,14H,12-13H2,1-3H3,(H,28,33)(H2,29,30,31). The van der Waals surface area contributed by atoms with Crippen molar-refractivity contribution in [3.8, 4) is 0 Å². The van der Waals surface area contributed by atoms with Gasteiger partial charge in [0.25, 0.3) is 0 Å². The Labute approximate surface area is 206 Å². The quantitative estimate of drug-likeness (QED) is 0.391. The number of nitrogens with zero attached hydrogens (tertiary/aromatic N) is 3. The number of sulfonamides is 1. The average molecular weight is 523 g/mol. The van der Waals surface area contributed by atoms with Gasteiger partial charge in [-0.25, -0.2) is 18.4 Å². The van der Waals surface area contributed by atoms with Crippen molar-refractivity contribution in [2.75, 3.05) is 28.2 Å². The van der Waals surface area contributed by atoms with Gasteiger partial charge in [0.1, 0.15) is 11.6 Å². The lowest BCUT2D eigenvalue weighted by molar-refractivity contribution is -0.137. The van der Waals surface area contributed by atoms with Gasteiger partial charge in [-0.15, -0.1) is 0 Å². The number of halogens is 3. The highest BCUT2D eigenvalue weighted by Gasteiger charge is 2.34. The van der Waals surface area contributed by atoms with Crippen molar-refractivity contribution in [1.82, 2.24) is 15.3 Å². The molecule has 0 aliphatic carbocycles. The molecule has 2 aromatic heterocycles. The largest absolute Gasteiger partial charge is 0.419 e. The fraction of sp³-hybridized carbons (Fsp3) is 0.261. The predicted octanol–water partition coefficient (Wildman–Crippen LogP) is 3.88. The Morgan fingerprint density at radius 1 is 1.08 bits per heavy atom. The molecule has 0 fully saturated rings. The van der Waals surface area contributed by atoms with Crippen molar-refractivity contribution in [2.45, 2.75) is 26.2 Å². The SMILES string of the molecule is CC(=O)NCc1cccc(Nc2cc(NCc3cccnc3N(C)S(C)(=O)=O)c(C(F)(F)F)cn2)c1. The van der Waals surface area contributed by atoms with Crippen LogP contribution in [0, 0.1) is 0 Å². The van der Waals surface area contributed by atoms with Gasteiger partial charge < -0.3 is 16.0 Å². The van der Waals surface area contributed by atoms with Gasteiger partial charge in [0.2, 0.25) is 15.9 Å². The lowest BCUT2D eigenvalue weighted by Crippen LogP contribution is -2.27. The molecule has 3 N–H and O–H groups in total. The number of aromatic nitrogens is 2. The van der Waals surface area contributed by atoms with Crippen LogP contribution in [0.2, 0.25) is 0 Å². The minimum atomic E-state index is -4.67. The molecule has 0 unspecified atom stereocenters. The highest BCUT2D eigenvalue weighted by molar-refractivity contribution is 7.92. The Morgan fingerprint density at radius 2 is 1.83 bits per heavy atom. The van der Waals surface area contributed by atoms with Crippen LogP contribution in [0.1, 0.15) is 23.6 Å². The Kier molecular flexibility index (Phi) is 8.03. The third-order valence-electron chi connectivity index (χ3n) is 5.08. The molecule has 0 saturated heterocycles. The van der Waals surface area contributed by atoms with E-state index in [1.165, 1.54) is 26.2 Å². The molecule has 9 nitrogen and oxygen atoms in total. The Morgan fingerprint density at radius 3 is 2.50 bits per heavy atom. The summed E-state index contributed by atoms with van der Waals surface area (Å²) in [5.41, 5.74) is 0.524. The summed E-state index contributed by atoms with van der Waals surface area (Å²) in [4.78, 5) is 19.1. The van der Waals surface area contributed by atoms with Crippen LogP contribution < -0.4 is 20.3 Å². The topological polar surface area (TPSA) is 116 Å².